The third-order valence-corrected chi connectivity index (χ3v) is 3.57. The molecular weight excluding hydrogens is 231 g/mol. The van der Waals surface area contributed by atoms with E-state index in [1.54, 1.807) is 6.07 Å². The highest BCUT2D eigenvalue weighted by Crippen LogP contribution is 2.22. The lowest BCUT2D eigenvalue weighted by Gasteiger charge is -2.33. The lowest BCUT2D eigenvalue weighted by molar-refractivity contribution is -0.122. The molecular formula is C14H19FN2O. The predicted molar refractivity (Wildman–Crippen MR) is 70.0 cm³/mol. The van der Waals surface area contributed by atoms with Crippen LogP contribution < -0.4 is 10.6 Å². The zero-order valence-corrected chi connectivity index (χ0v) is 10.8. The van der Waals surface area contributed by atoms with Crippen molar-refractivity contribution in [2.75, 3.05) is 11.9 Å². The molecule has 1 aliphatic heterocycles. The van der Waals surface area contributed by atoms with Crippen LogP contribution in [0.15, 0.2) is 18.2 Å². The molecule has 1 amide bonds. The Kier molecular flexibility index (Phi) is 3.66. The fourth-order valence-electron chi connectivity index (χ4n) is 2.24. The van der Waals surface area contributed by atoms with Crippen LogP contribution in [0, 0.1) is 12.7 Å². The van der Waals surface area contributed by atoms with E-state index in [1.807, 2.05) is 13.8 Å². The number of rotatable bonds is 2. The number of hydrogen-bond acceptors (Lipinski definition) is 2. The maximum Gasteiger partial charge on any atom is 0.244 e. The lowest BCUT2D eigenvalue weighted by atomic mass is 9.90. The van der Waals surface area contributed by atoms with Crippen LogP contribution in [0.4, 0.5) is 10.1 Å². The van der Waals surface area contributed by atoms with Gasteiger partial charge in [0.1, 0.15) is 5.82 Å². The first-order valence-corrected chi connectivity index (χ1v) is 6.34. The van der Waals surface area contributed by atoms with Crippen molar-refractivity contribution in [1.82, 2.24) is 5.32 Å². The molecule has 2 N–H and O–H groups in total. The molecule has 1 saturated heterocycles. The summed E-state index contributed by atoms with van der Waals surface area (Å²) in [4.78, 5) is 12.3. The fourth-order valence-corrected chi connectivity index (χ4v) is 2.24. The van der Waals surface area contributed by atoms with Gasteiger partial charge in [-0.1, -0.05) is 6.07 Å². The quantitative estimate of drug-likeness (QED) is 0.847. The van der Waals surface area contributed by atoms with Crippen molar-refractivity contribution >= 4 is 11.6 Å². The summed E-state index contributed by atoms with van der Waals surface area (Å²) in [6.45, 7) is 4.61. The standard InChI is InChI=1S/C14H19FN2O/c1-10-5-6-11(15)9-12(10)17-13(18)14(2)7-3-4-8-16-14/h5-6,9,16H,3-4,7-8H2,1-2H3,(H,17,18). The Hall–Kier alpha value is -1.42. The number of benzene rings is 1. The summed E-state index contributed by atoms with van der Waals surface area (Å²) in [5.41, 5.74) is 0.870. The van der Waals surface area contributed by atoms with Gasteiger partial charge in [0.25, 0.3) is 0 Å². The van der Waals surface area contributed by atoms with Crippen molar-refractivity contribution in [3.8, 4) is 0 Å². The monoisotopic (exact) mass is 250 g/mol. The first-order chi connectivity index (χ1) is 8.51. The Morgan fingerprint density at radius 2 is 2.22 bits per heavy atom. The average molecular weight is 250 g/mol. The smallest absolute Gasteiger partial charge is 0.244 e. The van der Waals surface area contributed by atoms with Crippen LogP contribution in [0.3, 0.4) is 0 Å². The number of nitrogens with one attached hydrogen (secondary N) is 2. The largest absolute Gasteiger partial charge is 0.324 e. The van der Waals surface area contributed by atoms with Crippen LogP contribution in [0.5, 0.6) is 0 Å². The first-order valence-electron chi connectivity index (χ1n) is 6.34. The van der Waals surface area contributed by atoms with Gasteiger partial charge in [-0.2, -0.15) is 0 Å². The van der Waals surface area contributed by atoms with E-state index in [2.05, 4.69) is 10.6 Å². The molecule has 4 heteroatoms. The second kappa shape index (κ2) is 5.06. The van der Waals surface area contributed by atoms with Crippen molar-refractivity contribution in [1.29, 1.82) is 0 Å². The topological polar surface area (TPSA) is 41.1 Å². The summed E-state index contributed by atoms with van der Waals surface area (Å²) < 4.78 is 13.2. The molecule has 0 radical (unpaired) electrons. The second-order valence-corrected chi connectivity index (χ2v) is 5.13. The number of hydrogen-bond donors (Lipinski definition) is 2. The Bertz CT molecular complexity index is 453. The Balaban J connectivity index is 2.13. The van der Waals surface area contributed by atoms with Crippen molar-refractivity contribution in [2.24, 2.45) is 0 Å². The van der Waals surface area contributed by atoms with Gasteiger partial charge in [0.15, 0.2) is 0 Å². The van der Waals surface area contributed by atoms with E-state index >= 15 is 0 Å². The fraction of sp³-hybridized carbons (Fsp3) is 0.500. The second-order valence-electron chi connectivity index (χ2n) is 5.13. The first kappa shape index (κ1) is 13.0. The molecule has 1 atom stereocenters. The Labute approximate surface area is 107 Å². The van der Waals surface area contributed by atoms with E-state index in [-0.39, 0.29) is 11.7 Å². The van der Waals surface area contributed by atoms with E-state index < -0.39 is 5.54 Å². The molecule has 1 aromatic carbocycles. The van der Waals surface area contributed by atoms with Gasteiger partial charge < -0.3 is 10.6 Å². The van der Waals surface area contributed by atoms with Gasteiger partial charge in [-0.25, -0.2) is 4.39 Å². The summed E-state index contributed by atoms with van der Waals surface area (Å²) in [5.74, 6) is -0.423. The van der Waals surface area contributed by atoms with E-state index in [4.69, 9.17) is 0 Å². The van der Waals surface area contributed by atoms with E-state index in [1.165, 1.54) is 12.1 Å². The lowest BCUT2D eigenvalue weighted by Crippen LogP contribution is -2.54. The molecule has 0 aromatic heterocycles. The highest BCUT2D eigenvalue weighted by atomic mass is 19.1. The summed E-state index contributed by atoms with van der Waals surface area (Å²) in [7, 11) is 0. The number of aryl methyl sites for hydroxylation is 1. The van der Waals surface area contributed by atoms with Crippen LogP contribution in [0.25, 0.3) is 0 Å². The zero-order chi connectivity index (χ0) is 13.2. The maximum atomic E-state index is 13.2. The summed E-state index contributed by atoms with van der Waals surface area (Å²) >= 11 is 0. The van der Waals surface area contributed by atoms with Crippen LogP contribution in [0.2, 0.25) is 0 Å². The van der Waals surface area contributed by atoms with Crippen molar-refractivity contribution < 1.29 is 9.18 Å². The molecule has 0 spiro atoms. The number of carbonyl (C=O) groups is 1. The Morgan fingerprint density at radius 1 is 1.44 bits per heavy atom. The molecule has 1 fully saturated rings. The van der Waals surface area contributed by atoms with Gasteiger partial charge in [-0.15, -0.1) is 0 Å². The number of piperidine rings is 1. The van der Waals surface area contributed by atoms with Gasteiger partial charge in [0.2, 0.25) is 5.91 Å². The number of halogens is 1. The van der Waals surface area contributed by atoms with Crippen LogP contribution in [0.1, 0.15) is 31.7 Å². The van der Waals surface area contributed by atoms with E-state index in [9.17, 15) is 9.18 Å². The molecule has 1 heterocycles. The normalized spacial score (nSPS) is 23.7. The average Bonchev–Trinajstić information content (AvgIpc) is 2.35. The minimum Gasteiger partial charge on any atom is -0.324 e. The highest BCUT2D eigenvalue weighted by molar-refractivity contribution is 5.98. The minimum absolute atomic E-state index is 0.0871. The SMILES string of the molecule is Cc1ccc(F)cc1NC(=O)C1(C)CCCCN1. The minimum atomic E-state index is -0.545. The predicted octanol–water partition coefficient (Wildman–Crippen LogP) is 2.60. The zero-order valence-electron chi connectivity index (χ0n) is 10.8. The molecule has 0 saturated carbocycles. The van der Waals surface area contributed by atoms with Crippen molar-refractivity contribution in [3.05, 3.63) is 29.6 Å². The number of anilines is 1. The molecule has 0 bridgehead atoms. The van der Waals surface area contributed by atoms with Crippen LogP contribution in [-0.2, 0) is 4.79 Å². The third kappa shape index (κ3) is 2.70. The summed E-state index contributed by atoms with van der Waals surface area (Å²) in [6, 6.07) is 4.42. The molecule has 1 aromatic rings. The Morgan fingerprint density at radius 3 is 2.89 bits per heavy atom. The van der Waals surface area contributed by atoms with Gasteiger partial charge in [-0.3, -0.25) is 4.79 Å². The molecule has 1 unspecified atom stereocenters. The molecule has 3 nitrogen and oxygen atoms in total. The molecule has 1 aliphatic rings. The summed E-state index contributed by atoms with van der Waals surface area (Å²) in [5, 5.41) is 6.06. The highest BCUT2D eigenvalue weighted by Gasteiger charge is 2.34. The molecule has 18 heavy (non-hydrogen) atoms. The maximum absolute atomic E-state index is 13.2. The van der Waals surface area contributed by atoms with E-state index in [0.29, 0.717) is 5.69 Å². The van der Waals surface area contributed by atoms with Crippen LogP contribution in [-0.4, -0.2) is 18.0 Å². The van der Waals surface area contributed by atoms with Crippen LogP contribution >= 0.6 is 0 Å². The summed E-state index contributed by atoms with van der Waals surface area (Å²) in [6.07, 6.45) is 2.95. The van der Waals surface area contributed by atoms with Gasteiger partial charge in [0.05, 0.1) is 5.54 Å². The van der Waals surface area contributed by atoms with Gasteiger partial charge >= 0.3 is 0 Å². The van der Waals surface area contributed by atoms with E-state index in [0.717, 1.165) is 31.4 Å². The van der Waals surface area contributed by atoms with Crippen molar-refractivity contribution in [3.63, 3.8) is 0 Å². The number of amides is 1. The molecule has 2 rings (SSSR count). The molecule has 98 valence electrons. The van der Waals surface area contributed by atoms with Gasteiger partial charge in [0, 0.05) is 5.69 Å². The third-order valence-electron chi connectivity index (χ3n) is 3.57. The number of carbonyl (C=O) groups excluding carboxylic acids is 1. The molecule has 0 aliphatic carbocycles. The van der Waals surface area contributed by atoms with Crippen molar-refractivity contribution in [2.45, 2.75) is 38.6 Å². The van der Waals surface area contributed by atoms with Gasteiger partial charge in [-0.05, 0) is 57.4 Å².